The van der Waals surface area contributed by atoms with Crippen LogP contribution in [0.3, 0.4) is 0 Å². The van der Waals surface area contributed by atoms with Gasteiger partial charge in [-0.1, -0.05) is 12.1 Å². The summed E-state index contributed by atoms with van der Waals surface area (Å²) in [6.45, 7) is 10.2. The molecular weight excluding hydrogens is 442 g/mol. The summed E-state index contributed by atoms with van der Waals surface area (Å²) in [4.78, 5) is 31.1. The Kier molecular flexibility index (Phi) is 6.34. The van der Waals surface area contributed by atoms with E-state index in [1.165, 1.54) is 48.3 Å². The number of benzene rings is 1. The Morgan fingerprint density at radius 2 is 1.77 bits per heavy atom. The number of likely N-dealkylation sites (tertiary alicyclic amines) is 2. The van der Waals surface area contributed by atoms with Crippen LogP contribution in [0.4, 0.5) is 10.5 Å². The molecule has 3 fully saturated rings. The molecule has 2 aromatic rings. The average molecular weight is 480 g/mol. The molecule has 4 heterocycles. The number of aryl methyl sites for hydroxylation is 1. The van der Waals surface area contributed by atoms with E-state index in [0.29, 0.717) is 25.2 Å². The predicted molar refractivity (Wildman–Crippen MR) is 135 cm³/mol. The van der Waals surface area contributed by atoms with Crippen LogP contribution in [0.5, 0.6) is 0 Å². The minimum absolute atomic E-state index is 0.107. The first kappa shape index (κ1) is 23.9. The van der Waals surface area contributed by atoms with Gasteiger partial charge in [-0.3, -0.25) is 4.90 Å². The molecule has 0 bridgehead atoms. The van der Waals surface area contributed by atoms with Crippen molar-refractivity contribution in [1.82, 2.24) is 19.6 Å². The summed E-state index contributed by atoms with van der Waals surface area (Å²) in [5.74, 6) is -1.12. The first-order valence-electron chi connectivity index (χ1n) is 13.0. The van der Waals surface area contributed by atoms with Crippen LogP contribution in [0.15, 0.2) is 30.5 Å². The summed E-state index contributed by atoms with van der Waals surface area (Å²) < 4.78 is 1.16. The highest BCUT2D eigenvalue weighted by molar-refractivity contribution is 5.86. The van der Waals surface area contributed by atoms with E-state index in [4.69, 9.17) is 5.11 Å². The van der Waals surface area contributed by atoms with E-state index >= 15 is 0 Å². The first-order valence-corrected chi connectivity index (χ1v) is 13.0. The minimum atomic E-state index is -1.12. The lowest BCUT2D eigenvalue weighted by Crippen LogP contribution is -2.53. The minimum Gasteiger partial charge on any atom is -0.476 e. The molecule has 2 atom stereocenters. The highest BCUT2D eigenvalue weighted by atomic mass is 16.4. The van der Waals surface area contributed by atoms with Gasteiger partial charge in [0.05, 0.1) is 0 Å². The van der Waals surface area contributed by atoms with Crippen molar-refractivity contribution in [1.29, 1.82) is 0 Å². The third-order valence-electron chi connectivity index (χ3n) is 8.54. The summed E-state index contributed by atoms with van der Waals surface area (Å²) in [6, 6.07) is 9.19. The fraction of sp³-hybridized carbons (Fsp3) is 0.593. The van der Waals surface area contributed by atoms with Gasteiger partial charge in [-0.25, -0.2) is 9.59 Å². The first-order chi connectivity index (χ1) is 16.8. The SMILES string of the molecule is Cc1ccc(CN2CCCC23CCN(C(=O)n2ccc(C(=O)O)n2)CC3)c(N2[C@H](C)CC[C@@H]2C)c1. The molecule has 188 valence electrons. The second-order valence-corrected chi connectivity index (χ2v) is 10.8. The number of rotatable bonds is 4. The van der Waals surface area contributed by atoms with Crippen LogP contribution >= 0.6 is 0 Å². The van der Waals surface area contributed by atoms with Gasteiger partial charge in [-0.05, 0) is 89.1 Å². The van der Waals surface area contributed by atoms with Gasteiger partial charge in [0.15, 0.2) is 5.69 Å². The highest BCUT2D eigenvalue weighted by Gasteiger charge is 2.44. The number of carbonyl (C=O) groups excluding carboxylic acids is 1. The molecule has 35 heavy (non-hydrogen) atoms. The quantitative estimate of drug-likeness (QED) is 0.702. The molecule has 3 aliphatic rings. The molecule has 1 spiro atoms. The number of carbonyl (C=O) groups is 2. The maximum atomic E-state index is 12.9. The summed E-state index contributed by atoms with van der Waals surface area (Å²) in [5, 5.41) is 13.0. The zero-order valence-electron chi connectivity index (χ0n) is 21.1. The van der Waals surface area contributed by atoms with Crippen molar-refractivity contribution in [2.75, 3.05) is 24.5 Å². The van der Waals surface area contributed by atoms with Gasteiger partial charge in [-0.15, -0.1) is 0 Å². The zero-order valence-corrected chi connectivity index (χ0v) is 21.1. The molecule has 0 aliphatic carbocycles. The van der Waals surface area contributed by atoms with E-state index < -0.39 is 5.97 Å². The Balaban J connectivity index is 1.30. The van der Waals surface area contributed by atoms with Crippen molar-refractivity contribution in [2.45, 2.75) is 83.5 Å². The number of hydrogen-bond acceptors (Lipinski definition) is 5. The average Bonchev–Trinajstić information content (AvgIpc) is 3.55. The van der Waals surface area contributed by atoms with E-state index in [1.54, 1.807) is 0 Å². The van der Waals surface area contributed by atoms with Gasteiger partial charge in [0, 0.05) is 49.1 Å². The van der Waals surface area contributed by atoms with E-state index in [9.17, 15) is 9.59 Å². The number of anilines is 1. The van der Waals surface area contributed by atoms with Gasteiger partial charge in [0.2, 0.25) is 0 Å². The molecule has 3 saturated heterocycles. The van der Waals surface area contributed by atoms with Gasteiger partial charge in [0.25, 0.3) is 0 Å². The van der Waals surface area contributed by atoms with Crippen LogP contribution in [0.25, 0.3) is 0 Å². The number of piperidine rings is 1. The molecule has 5 rings (SSSR count). The van der Waals surface area contributed by atoms with Crippen LogP contribution < -0.4 is 4.90 Å². The monoisotopic (exact) mass is 479 g/mol. The number of hydrogen-bond donors (Lipinski definition) is 1. The number of carboxylic acid groups (broad SMARTS) is 1. The van der Waals surface area contributed by atoms with E-state index in [0.717, 1.165) is 37.0 Å². The highest BCUT2D eigenvalue weighted by Crippen LogP contribution is 2.41. The van der Waals surface area contributed by atoms with Crippen LogP contribution in [0, 0.1) is 6.92 Å². The number of aromatic nitrogens is 2. The van der Waals surface area contributed by atoms with Gasteiger partial charge in [-0.2, -0.15) is 9.78 Å². The van der Waals surface area contributed by atoms with Crippen LogP contribution in [-0.2, 0) is 6.54 Å². The lowest BCUT2D eigenvalue weighted by molar-refractivity contribution is 0.0585. The molecule has 8 nitrogen and oxygen atoms in total. The summed E-state index contributed by atoms with van der Waals surface area (Å²) in [6.07, 6.45) is 8.15. The number of carboxylic acids is 1. The Morgan fingerprint density at radius 3 is 2.43 bits per heavy atom. The van der Waals surface area contributed by atoms with Crippen molar-refractivity contribution in [3.05, 3.63) is 47.3 Å². The molecule has 0 radical (unpaired) electrons. The maximum Gasteiger partial charge on any atom is 0.356 e. The smallest absolute Gasteiger partial charge is 0.356 e. The van der Waals surface area contributed by atoms with Crippen LogP contribution in [-0.4, -0.2) is 73.9 Å². The van der Waals surface area contributed by atoms with Crippen LogP contribution in [0.1, 0.15) is 74.0 Å². The molecule has 1 aromatic heterocycles. The largest absolute Gasteiger partial charge is 0.476 e. The number of aromatic carboxylic acids is 1. The Hall–Kier alpha value is -2.87. The van der Waals surface area contributed by atoms with Gasteiger partial charge in [0.1, 0.15) is 0 Å². The topological polar surface area (TPSA) is 81.9 Å². The molecule has 1 amide bonds. The molecule has 8 heteroatoms. The molecular formula is C27H37N5O3. The lowest BCUT2D eigenvalue weighted by atomic mass is 9.84. The number of amides is 1. The fourth-order valence-electron chi connectivity index (χ4n) is 6.53. The van der Waals surface area contributed by atoms with E-state index in [-0.39, 0.29) is 17.3 Å². The number of nitrogens with zero attached hydrogens (tertiary/aromatic N) is 5. The standard InChI is InChI=1S/C27H37N5O3/c1-19-5-8-22(24(17-19)32-20(2)6-7-21(32)3)18-30-13-4-10-27(30)11-15-29(16-12-27)26(35)31-14-9-23(28-31)25(33)34/h5,8-9,14,17,20-21H,4,6-7,10-13,15-16,18H2,1-3H3,(H,33,34)/t20-,21+. The predicted octanol–water partition coefficient (Wildman–Crippen LogP) is 4.37. The molecule has 0 saturated carbocycles. The van der Waals surface area contributed by atoms with Crippen molar-refractivity contribution in [3.8, 4) is 0 Å². The molecule has 1 N–H and O–H groups in total. The normalized spacial score (nSPS) is 24.4. The third kappa shape index (κ3) is 4.44. The van der Waals surface area contributed by atoms with Crippen molar-refractivity contribution in [2.24, 2.45) is 0 Å². The Bertz CT molecular complexity index is 1090. The molecule has 0 unspecified atom stereocenters. The van der Waals surface area contributed by atoms with Gasteiger partial charge < -0.3 is 14.9 Å². The molecule has 1 aromatic carbocycles. The second kappa shape index (κ2) is 9.30. The fourth-order valence-corrected chi connectivity index (χ4v) is 6.53. The van der Waals surface area contributed by atoms with Crippen molar-refractivity contribution in [3.63, 3.8) is 0 Å². The second-order valence-electron chi connectivity index (χ2n) is 10.8. The Labute approximate surface area is 207 Å². The summed E-state index contributed by atoms with van der Waals surface area (Å²) in [5.41, 5.74) is 4.13. The zero-order chi connectivity index (χ0) is 24.7. The summed E-state index contributed by atoms with van der Waals surface area (Å²) in [7, 11) is 0. The van der Waals surface area contributed by atoms with Gasteiger partial charge >= 0.3 is 12.0 Å². The van der Waals surface area contributed by atoms with E-state index in [2.05, 4.69) is 53.9 Å². The van der Waals surface area contributed by atoms with Crippen molar-refractivity contribution < 1.29 is 14.7 Å². The van der Waals surface area contributed by atoms with E-state index in [1.807, 2.05) is 4.90 Å². The lowest BCUT2D eigenvalue weighted by Gasteiger charge is -2.45. The van der Waals surface area contributed by atoms with Crippen LogP contribution in [0.2, 0.25) is 0 Å². The Morgan fingerprint density at radius 1 is 1.06 bits per heavy atom. The summed E-state index contributed by atoms with van der Waals surface area (Å²) >= 11 is 0. The third-order valence-corrected chi connectivity index (χ3v) is 8.54. The maximum absolute atomic E-state index is 12.9. The van der Waals surface area contributed by atoms with Crippen molar-refractivity contribution >= 4 is 17.7 Å². The molecule has 3 aliphatic heterocycles.